The molecule has 1 saturated carbocycles. The molecule has 0 amide bonds. The summed E-state index contributed by atoms with van der Waals surface area (Å²) in [6.45, 7) is 0. The summed E-state index contributed by atoms with van der Waals surface area (Å²) in [5.41, 5.74) is 0.396. The predicted molar refractivity (Wildman–Crippen MR) is 79.1 cm³/mol. The maximum Gasteiger partial charge on any atom is 0.309 e. The van der Waals surface area contributed by atoms with Crippen LogP contribution in [0, 0.1) is 5.41 Å². The van der Waals surface area contributed by atoms with Crippen LogP contribution >= 0.6 is 0 Å². The Morgan fingerprint density at radius 3 is 2.35 bits per heavy atom. The first-order valence-electron chi connectivity index (χ1n) is 7.53. The molecule has 1 aliphatic rings. The molecule has 1 aromatic carbocycles. The largest absolute Gasteiger partial charge is 0.496 e. The first kappa shape index (κ1) is 14.9. The van der Waals surface area contributed by atoms with Crippen LogP contribution in [-0.2, 0) is 11.2 Å². The summed E-state index contributed by atoms with van der Waals surface area (Å²) >= 11 is 0. The van der Waals surface area contributed by atoms with Crippen LogP contribution in [0.25, 0.3) is 0 Å². The third-order valence-electron chi connectivity index (χ3n) is 4.49. The number of methoxy groups -OCH3 is 1. The maximum absolute atomic E-state index is 11.9. The van der Waals surface area contributed by atoms with Crippen molar-refractivity contribution in [1.82, 2.24) is 0 Å². The Balaban J connectivity index is 2.25. The number of hydrogen-bond donors (Lipinski definition) is 1. The summed E-state index contributed by atoms with van der Waals surface area (Å²) in [7, 11) is 1.64. The van der Waals surface area contributed by atoms with Crippen molar-refractivity contribution in [3.8, 4) is 5.75 Å². The lowest BCUT2D eigenvalue weighted by molar-refractivity contribution is -0.150. The number of benzene rings is 1. The zero-order chi connectivity index (χ0) is 14.4. The Morgan fingerprint density at radius 1 is 1.15 bits per heavy atom. The fourth-order valence-corrected chi connectivity index (χ4v) is 3.26. The highest BCUT2D eigenvalue weighted by Crippen LogP contribution is 2.39. The van der Waals surface area contributed by atoms with Crippen LogP contribution < -0.4 is 4.74 Å². The van der Waals surface area contributed by atoms with Crippen molar-refractivity contribution in [2.24, 2.45) is 5.41 Å². The molecule has 0 heterocycles. The van der Waals surface area contributed by atoms with Crippen LogP contribution in [-0.4, -0.2) is 18.2 Å². The van der Waals surface area contributed by atoms with E-state index in [0.717, 1.165) is 49.8 Å². The molecule has 110 valence electrons. The second kappa shape index (κ2) is 6.78. The molecule has 0 aliphatic heterocycles. The average Bonchev–Trinajstić information content (AvgIpc) is 2.42. The Labute approximate surface area is 121 Å². The van der Waals surface area contributed by atoms with Gasteiger partial charge in [-0.2, -0.15) is 0 Å². The van der Waals surface area contributed by atoms with Crippen LogP contribution in [0.1, 0.15) is 50.5 Å². The first-order chi connectivity index (χ1) is 9.68. The number of carboxylic acids is 1. The average molecular weight is 276 g/mol. The Kier molecular flexibility index (Phi) is 5.05. The molecule has 0 unspecified atom stereocenters. The third-order valence-corrected chi connectivity index (χ3v) is 4.49. The van der Waals surface area contributed by atoms with E-state index in [2.05, 4.69) is 0 Å². The van der Waals surface area contributed by atoms with Gasteiger partial charge in [-0.3, -0.25) is 4.79 Å². The van der Waals surface area contributed by atoms with Crippen molar-refractivity contribution in [3.63, 3.8) is 0 Å². The minimum absolute atomic E-state index is 0.576. The highest BCUT2D eigenvalue weighted by molar-refractivity contribution is 5.75. The standard InChI is InChI=1S/C17H24O3/c1-20-15-10-6-5-9-14(15)13-17(16(18)19)11-7-3-2-4-8-12-17/h5-6,9-10H,2-4,7-8,11-13H2,1H3,(H,18,19). The van der Waals surface area contributed by atoms with Crippen molar-refractivity contribution in [2.45, 2.75) is 51.4 Å². The molecule has 0 aromatic heterocycles. The summed E-state index contributed by atoms with van der Waals surface area (Å²) in [5.74, 6) is 0.153. The molecule has 1 fully saturated rings. The van der Waals surface area contributed by atoms with Gasteiger partial charge in [-0.05, 0) is 30.9 Å². The van der Waals surface area contributed by atoms with Crippen LogP contribution in [0.5, 0.6) is 5.75 Å². The first-order valence-corrected chi connectivity index (χ1v) is 7.53. The lowest BCUT2D eigenvalue weighted by atomic mass is 9.72. The lowest BCUT2D eigenvalue weighted by Gasteiger charge is -2.31. The second-order valence-electron chi connectivity index (χ2n) is 5.84. The monoisotopic (exact) mass is 276 g/mol. The maximum atomic E-state index is 11.9. The van der Waals surface area contributed by atoms with Gasteiger partial charge in [0, 0.05) is 0 Å². The number of hydrogen-bond acceptors (Lipinski definition) is 2. The van der Waals surface area contributed by atoms with E-state index in [-0.39, 0.29) is 0 Å². The van der Waals surface area contributed by atoms with E-state index in [0.29, 0.717) is 6.42 Å². The van der Waals surface area contributed by atoms with Gasteiger partial charge in [0.05, 0.1) is 12.5 Å². The Morgan fingerprint density at radius 2 is 1.75 bits per heavy atom. The summed E-state index contributed by atoms with van der Waals surface area (Å²) < 4.78 is 5.37. The number of ether oxygens (including phenoxy) is 1. The van der Waals surface area contributed by atoms with Gasteiger partial charge >= 0.3 is 5.97 Å². The Bertz CT molecular complexity index is 445. The highest BCUT2D eigenvalue weighted by Gasteiger charge is 2.38. The normalized spacial score (nSPS) is 18.9. The minimum atomic E-state index is -0.648. The van der Waals surface area contributed by atoms with Gasteiger partial charge < -0.3 is 9.84 Å². The van der Waals surface area contributed by atoms with E-state index in [4.69, 9.17) is 4.74 Å². The molecular formula is C17H24O3. The molecular weight excluding hydrogens is 252 g/mol. The van der Waals surface area contributed by atoms with Gasteiger partial charge in [-0.15, -0.1) is 0 Å². The summed E-state index contributed by atoms with van der Waals surface area (Å²) in [4.78, 5) is 11.9. The van der Waals surface area contributed by atoms with Crippen molar-refractivity contribution in [3.05, 3.63) is 29.8 Å². The molecule has 0 saturated heterocycles. The van der Waals surface area contributed by atoms with E-state index < -0.39 is 11.4 Å². The third kappa shape index (κ3) is 3.33. The molecule has 0 bridgehead atoms. The van der Waals surface area contributed by atoms with Crippen LogP contribution in [0.15, 0.2) is 24.3 Å². The molecule has 20 heavy (non-hydrogen) atoms. The number of rotatable bonds is 4. The van der Waals surface area contributed by atoms with Crippen molar-refractivity contribution >= 4 is 5.97 Å². The number of para-hydroxylation sites is 1. The van der Waals surface area contributed by atoms with Crippen LogP contribution in [0.2, 0.25) is 0 Å². The Hall–Kier alpha value is -1.51. The molecule has 1 aliphatic carbocycles. The summed E-state index contributed by atoms with van der Waals surface area (Å²) in [6.07, 6.45) is 7.71. The summed E-state index contributed by atoms with van der Waals surface area (Å²) in [6, 6.07) is 7.78. The lowest BCUT2D eigenvalue weighted by Crippen LogP contribution is -2.34. The van der Waals surface area contributed by atoms with E-state index in [1.54, 1.807) is 7.11 Å². The SMILES string of the molecule is COc1ccccc1CC1(C(=O)O)CCCCCCC1. The molecule has 3 nitrogen and oxygen atoms in total. The molecule has 2 rings (SSSR count). The highest BCUT2D eigenvalue weighted by atomic mass is 16.5. The number of carbonyl (C=O) groups is 1. The fourth-order valence-electron chi connectivity index (χ4n) is 3.26. The van der Waals surface area contributed by atoms with Crippen molar-refractivity contribution in [2.75, 3.05) is 7.11 Å². The van der Waals surface area contributed by atoms with Gasteiger partial charge in [-0.25, -0.2) is 0 Å². The zero-order valence-corrected chi connectivity index (χ0v) is 12.2. The minimum Gasteiger partial charge on any atom is -0.496 e. The quantitative estimate of drug-likeness (QED) is 0.902. The van der Waals surface area contributed by atoms with Crippen LogP contribution in [0.3, 0.4) is 0 Å². The van der Waals surface area contributed by atoms with E-state index >= 15 is 0 Å². The second-order valence-corrected chi connectivity index (χ2v) is 5.84. The van der Waals surface area contributed by atoms with E-state index in [1.807, 2.05) is 24.3 Å². The van der Waals surface area contributed by atoms with Gasteiger partial charge in [0.2, 0.25) is 0 Å². The fraction of sp³-hybridized carbons (Fsp3) is 0.588. The zero-order valence-electron chi connectivity index (χ0n) is 12.2. The van der Waals surface area contributed by atoms with E-state index in [9.17, 15) is 9.90 Å². The topological polar surface area (TPSA) is 46.5 Å². The number of carboxylic acid groups (broad SMARTS) is 1. The summed E-state index contributed by atoms with van der Waals surface area (Å²) in [5, 5.41) is 9.79. The predicted octanol–water partition coefficient (Wildman–Crippen LogP) is 4.05. The smallest absolute Gasteiger partial charge is 0.309 e. The van der Waals surface area contributed by atoms with E-state index in [1.165, 1.54) is 6.42 Å². The molecule has 1 aromatic rings. The van der Waals surface area contributed by atoms with Gasteiger partial charge in [0.25, 0.3) is 0 Å². The van der Waals surface area contributed by atoms with Gasteiger partial charge in [-0.1, -0.05) is 50.3 Å². The van der Waals surface area contributed by atoms with Crippen LogP contribution in [0.4, 0.5) is 0 Å². The number of aliphatic carboxylic acids is 1. The molecule has 3 heteroatoms. The van der Waals surface area contributed by atoms with Crippen molar-refractivity contribution in [1.29, 1.82) is 0 Å². The van der Waals surface area contributed by atoms with Gasteiger partial charge in [0.15, 0.2) is 0 Å². The molecule has 0 radical (unpaired) electrons. The van der Waals surface area contributed by atoms with Crippen molar-refractivity contribution < 1.29 is 14.6 Å². The molecule has 1 N–H and O–H groups in total. The van der Waals surface area contributed by atoms with Gasteiger partial charge in [0.1, 0.15) is 5.75 Å². The molecule has 0 atom stereocenters. The molecule has 0 spiro atoms.